The molecule has 0 N–H and O–H groups in total. The number of nitrogens with zero attached hydrogens (tertiary/aromatic N) is 1. The quantitative estimate of drug-likeness (QED) is 0.796. The summed E-state index contributed by atoms with van der Waals surface area (Å²) in [6, 6.07) is 18.6. The van der Waals surface area contributed by atoms with Gasteiger partial charge in [0.2, 0.25) is 0 Å². The molecule has 0 amide bonds. The van der Waals surface area contributed by atoms with Gasteiger partial charge < -0.3 is 9.47 Å². The van der Waals surface area contributed by atoms with Gasteiger partial charge in [-0.1, -0.05) is 63.2 Å². The Morgan fingerprint density at radius 1 is 0.958 bits per heavy atom. The number of methoxy groups -OCH3 is 1. The topological polar surface area (TPSA) is 30.8 Å². The van der Waals surface area contributed by atoms with Crippen LogP contribution in [0.2, 0.25) is 0 Å². The first-order valence-corrected chi connectivity index (χ1v) is 8.39. The minimum atomic E-state index is -0.0854. The van der Waals surface area contributed by atoms with Gasteiger partial charge in [0, 0.05) is 11.3 Å². The number of hydrogen-bond acceptors (Lipinski definition) is 3. The molecule has 126 valence electrons. The van der Waals surface area contributed by atoms with Crippen molar-refractivity contribution in [2.24, 2.45) is 10.4 Å². The third-order valence-electron chi connectivity index (χ3n) is 4.35. The van der Waals surface area contributed by atoms with Crippen LogP contribution < -0.4 is 4.74 Å². The highest BCUT2D eigenvalue weighted by Gasteiger charge is 2.35. The van der Waals surface area contributed by atoms with Gasteiger partial charge in [0.25, 0.3) is 0 Å². The maximum absolute atomic E-state index is 6.38. The molecular weight excluding hydrogens is 298 g/mol. The first-order chi connectivity index (χ1) is 11.5. The molecule has 0 saturated heterocycles. The van der Waals surface area contributed by atoms with Crippen molar-refractivity contribution in [3.63, 3.8) is 0 Å². The van der Waals surface area contributed by atoms with Gasteiger partial charge in [-0.15, -0.1) is 0 Å². The van der Waals surface area contributed by atoms with Crippen molar-refractivity contribution in [1.29, 1.82) is 0 Å². The fraction of sp³-hybridized carbons (Fsp3) is 0.381. The third-order valence-corrected chi connectivity index (χ3v) is 4.35. The second-order valence-electron chi connectivity index (χ2n) is 7.22. The minimum absolute atomic E-state index is 0.0219. The van der Waals surface area contributed by atoms with Crippen LogP contribution in [0.5, 0.6) is 5.75 Å². The summed E-state index contributed by atoms with van der Waals surface area (Å²) in [6.07, 6.45) is -0.0219. The van der Waals surface area contributed by atoms with E-state index >= 15 is 0 Å². The Hall–Kier alpha value is -2.29. The molecule has 3 nitrogen and oxygen atoms in total. The summed E-state index contributed by atoms with van der Waals surface area (Å²) in [5.41, 5.74) is 2.33. The fourth-order valence-corrected chi connectivity index (χ4v) is 3.00. The molecule has 2 atom stereocenters. The Bertz CT molecular complexity index is 699. The standard InChI is InChI=1S/C21H25NO2/c1-21(2,3)20-22-14-18(15-10-12-17(23-4)13-11-15)19(24-20)16-8-6-5-7-9-16/h5-13,18-19H,14H2,1-4H3/t18-,19-/m1/s1. The monoisotopic (exact) mass is 323 g/mol. The number of ether oxygens (including phenoxy) is 2. The molecule has 0 radical (unpaired) electrons. The largest absolute Gasteiger partial charge is 0.497 e. The molecule has 1 aliphatic heterocycles. The lowest BCUT2D eigenvalue weighted by molar-refractivity contribution is 0.123. The highest BCUT2D eigenvalue weighted by Crippen LogP contribution is 2.40. The summed E-state index contributed by atoms with van der Waals surface area (Å²) in [4.78, 5) is 4.74. The first kappa shape index (κ1) is 16.6. The number of rotatable bonds is 3. The zero-order chi connectivity index (χ0) is 17.2. The summed E-state index contributed by atoms with van der Waals surface area (Å²) >= 11 is 0. The normalized spacial score (nSPS) is 20.9. The molecule has 0 fully saturated rings. The molecule has 0 aliphatic carbocycles. The second-order valence-corrected chi connectivity index (χ2v) is 7.22. The van der Waals surface area contributed by atoms with E-state index in [2.05, 4.69) is 57.2 Å². The summed E-state index contributed by atoms with van der Waals surface area (Å²) in [7, 11) is 1.69. The highest BCUT2D eigenvalue weighted by atomic mass is 16.5. The fourth-order valence-electron chi connectivity index (χ4n) is 3.00. The minimum Gasteiger partial charge on any atom is -0.497 e. The van der Waals surface area contributed by atoms with E-state index in [0.717, 1.165) is 18.2 Å². The summed E-state index contributed by atoms with van der Waals surface area (Å²) in [5.74, 6) is 1.90. The number of aliphatic imine (C=N–C) groups is 1. The van der Waals surface area contributed by atoms with Gasteiger partial charge in [0.05, 0.1) is 13.7 Å². The van der Waals surface area contributed by atoms with Gasteiger partial charge in [0.1, 0.15) is 11.9 Å². The van der Waals surface area contributed by atoms with Crippen molar-refractivity contribution in [3.05, 3.63) is 65.7 Å². The molecule has 2 aromatic carbocycles. The van der Waals surface area contributed by atoms with Crippen LogP contribution in [0.1, 0.15) is 43.9 Å². The smallest absolute Gasteiger partial charge is 0.189 e. The maximum atomic E-state index is 6.38. The van der Waals surface area contributed by atoms with E-state index in [0.29, 0.717) is 0 Å². The van der Waals surface area contributed by atoms with Crippen molar-refractivity contribution < 1.29 is 9.47 Å². The second kappa shape index (κ2) is 6.68. The number of benzene rings is 2. The van der Waals surface area contributed by atoms with Crippen molar-refractivity contribution in [3.8, 4) is 5.75 Å². The molecule has 1 aliphatic rings. The van der Waals surface area contributed by atoms with Crippen LogP contribution in [-0.4, -0.2) is 19.6 Å². The average molecular weight is 323 g/mol. The van der Waals surface area contributed by atoms with Crippen molar-refractivity contribution in [2.45, 2.75) is 32.8 Å². The Morgan fingerprint density at radius 3 is 2.21 bits per heavy atom. The van der Waals surface area contributed by atoms with Crippen LogP contribution in [0.25, 0.3) is 0 Å². The zero-order valence-electron chi connectivity index (χ0n) is 14.8. The van der Waals surface area contributed by atoms with E-state index in [-0.39, 0.29) is 17.4 Å². The first-order valence-electron chi connectivity index (χ1n) is 8.39. The summed E-state index contributed by atoms with van der Waals surface area (Å²) in [5, 5.41) is 0. The lowest BCUT2D eigenvalue weighted by Crippen LogP contribution is -2.33. The Balaban J connectivity index is 1.97. The van der Waals surface area contributed by atoms with E-state index in [1.165, 1.54) is 11.1 Å². The molecule has 0 bridgehead atoms. The molecule has 24 heavy (non-hydrogen) atoms. The molecule has 0 saturated carbocycles. The zero-order valence-corrected chi connectivity index (χ0v) is 14.8. The van der Waals surface area contributed by atoms with Gasteiger partial charge in [-0.25, -0.2) is 0 Å². The van der Waals surface area contributed by atoms with E-state index in [9.17, 15) is 0 Å². The molecule has 1 heterocycles. The van der Waals surface area contributed by atoms with Crippen molar-refractivity contribution in [1.82, 2.24) is 0 Å². The van der Waals surface area contributed by atoms with Crippen molar-refractivity contribution in [2.75, 3.05) is 13.7 Å². The predicted molar refractivity (Wildman–Crippen MR) is 97.8 cm³/mol. The van der Waals surface area contributed by atoms with Crippen LogP contribution in [-0.2, 0) is 4.74 Å². The van der Waals surface area contributed by atoms with Gasteiger partial charge in [0.15, 0.2) is 5.90 Å². The van der Waals surface area contributed by atoms with E-state index in [1.807, 2.05) is 18.2 Å². The van der Waals surface area contributed by atoms with Crippen LogP contribution in [0, 0.1) is 5.41 Å². The highest BCUT2D eigenvalue weighted by molar-refractivity contribution is 5.82. The van der Waals surface area contributed by atoms with E-state index in [1.54, 1.807) is 7.11 Å². The molecule has 0 aromatic heterocycles. The Labute approximate surface area is 144 Å². The average Bonchev–Trinajstić information content (AvgIpc) is 2.61. The van der Waals surface area contributed by atoms with Crippen LogP contribution in [0.3, 0.4) is 0 Å². The van der Waals surface area contributed by atoms with E-state index < -0.39 is 0 Å². The number of hydrogen-bond donors (Lipinski definition) is 0. The van der Waals surface area contributed by atoms with Crippen LogP contribution >= 0.6 is 0 Å². The summed E-state index contributed by atoms with van der Waals surface area (Å²) < 4.78 is 11.7. The molecule has 3 rings (SSSR count). The molecule has 2 aromatic rings. The van der Waals surface area contributed by atoms with Gasteiger partial charge in [-0.3, -0.25) is 4.99 Å². The molecule has 0 unspecified atom stereocenters. The SMILES string of the molecule is COc1ccc([C@H]2CN=C(C(C)(C)C)O[C@@H]2c2ccccc2)cc1. The van der Waals surface area contributed by atoms with Gasteiger partial charge in [-0.05, 0) is 23.3 Å². The molecular formula is C21H25NO2. The third kappa shape index (κ3) is 3.45. The molecule has 0 spiro atoms. The van der Waals surface area contributed by atoms with E-state index in [4.69, 9.17) is 14.5 Å². The van der Waals surface area contributed by atoms with Crippen LogP contribution in [0.15, 0.2) is 59.6 Å². The Morgan fingerprint density at radius 2 is 1.62 bits per heavy atom. The lowest BCUT2D eigenvalue weighted by Gasteiger charge is -2.36. The van der Waals surface area contributed by atoms with Crippen molar-refractivity contribution >= 4 is 5.90 Å². The molecule has 3 heteroatoms. The van der Waals surface area contributed by atoms with Gasteiger partial charge in [-0.2, -0.15) is 0 Å². The Kier molecular flexibility index (Phi) is 4.61. The lowest BCUT2D eigenvalue weighted by atomic mass is 9.86. The summed E-state index contributed by atoms with van der Waals surface area (Å²) in [6.45, 7) is 7.16. The van der Waals surface area contributed by atoms with Gasteiger partial charge >= 0.3 is 0 Å². The van der Waals surface area contributed by atoms with Crippen LogP contribution in [0.4, 0.5) is 0 Å². The maximum Gasteiger partial charge on any atom is 0.189 e. The predicted octanol–water partition coefficient (Wildman–Crippen LogP) is 4.99.